The van der Waals surface area contributed by atoms with Crippen molar-refractivity contribution in [2.45, 2.75) is 6.42 Å². The summed E-state index contributed by atoms with van der Waals surface area (Å²) in [4.78, 5) is 24.2. The van der Waals surface area contributed by atoms with E-state index < -0.39 is 11.9 Å². The Kier molecular flexibility index (Phi) is 3.06. The van der Waals surface area contributed by atoms with Gasteiger partial charge in [0.05, 0.1) is 7.11 Å². The van der Waals surface area contributed by atoms with Crippen molar-refractivity contribution in [1.29, 1.82) is 0 Å². The number of hydrogen-bond donors (Lipinski definition) is 0. The van der Waals surface area contributed by atoms with Crippen LogP contribution in [0.1, 0.15) is 6.42 Å². The minimum atomic E-state index is -0.593. The van der Waals surface area contributed by atoms with E-state index in [2.05, 4.69) is 11.3 Å². The maximum atomic E-state index is 11.5. The summed E-state index contributed by atoms with van der Waals surface area (Å²) in [5.41, 5.74) is 0. The molecule has 0 aromatic carbocycles. The second kappa shape index (κ2) is 4.07. The lowest BCUT2D eigenvalue weighted by Crippen LogP contribution is -2.30. The SMILES string of the molecule is C=CCN1CCC(C(=O)OC)C1=O. The number of likely N-dealkylation sites (tertiary alicyclic amines) is 1. The van der Waals surface area contributed by atoms with Gasteiger partial charge in [0.25, 0.3) is 0 Å². The molecule has 1 atom stereocenters. The smallest absolute Gasteiger partial charge is 0.318 e. The summed E-state index contributed by atoms with van der Waals surface area (Å²) in [5.74, 6) is -1.17. The van der Waals surface area contributed by atoms with E-state index in [0.29, 0.717) is 19.5 Å². The molecule has 0 spiro atoms. The molecule has 1 aliphatic rings. The lowest BCUT2D eigenvalue weighted by Gasteiger charge is -2.12. The fourth-order valence-corrected chi connectivity index (χ4v) is 1.44. The number of nitrogens with zero attached hydrogens (tertiary/aromatic N) is 1. The molecule has 0 aliphatic carbocycles. The standard InChI is InChI=1S/C9H13NO3/c1-3-5-10-6-4-7(8(10)11)9(12)13-2/h3,7H,1,4-6H2,2H3. The fraction of sp³-hybridized carbons (Fsp3) is 0.556. The molecular formula is C9H13NO3. The van der Waals surface area contributed by atoms with E-state index >= 15 is 0 Å². The number of hydrogen-bond acceptors (Lipinski definition) is 3. The third-order valence-electron chi connectivity index (χ3n) is 2.13. The first kappa shape index (κ1) is 9.77. The molecule has 1 amide bonds. The van der Waals surface area contributed by atoms with Crippen LogP contribution in [0, 0.1) is 5.92 Å². The van der Waals surface area contributed by atoms with Gasteiger partial charge >= 0.3 is 5.97 Å². The van der Waals surface area contributed by atoms with Gasteiger partial charge < -0.3 is 9.64 Å². The molecule has 13 heavy (non-hydrogen) atoms. The number of methoxy groups -OCH3 is 1. The van der Waals surface area contributed by atoms with Crippen molar-refractivity contribution in [3.63, 3.8) is 0 Å². The van der Waals surface area contributed by atoms with Crippen LogP contribution in [-0.2, 0) is 14.3 Å². The van der Waals surface area contributed by atoms with E-state index in [4.69, 9.17) is 0 Å². The zero-order valence-electron chi connectivity index (χ0n) is 7.66. The summed E-state index contributed by atoms with van der Waals surface area (Å²) in [7, 11) is 1.30. The average Bonchev–Trinajstić information content (AvgIpc) is 2.48. The van der Waals surface area contributed by atoms with Crippen molar-refractivity contribution in [1.82, 2.24) is 4.90 Å². The van der Waals surface area contributed by atoms with Crippen molar-refractivity contribution in [2.75, 3.05) is 20.2 Å². The van der Waals surface area contributed by atoms with Gasteiger partial charge in [0, 0.05) is 13.1 Å². The van der Waals surface area contributed by atoms with Gasteiger partial charge in [-0.3, -0.25) is 9.59 Å². The molecule has 0 saturated carbocycles. The molecule has 4 heteroatoms. The van der Waals surface area contributed by atoms with Gasteiger partial charge in [-0.1, -0.05) is 6.08 Å². The highest BCUT2D eigenvalue weighted by Crippen LogP contribution is 2.18. The Morgan fingerprint density at radius 2 is 2.54 bits per heavy atom. The average molecular weight is 183 g/mol. The first-order valence-electron chi connectivity index (χ1n) is 4.18. The largest absolute Gasteiger partial charge is 0.468 e. The van der Waals surface area contributed by atoms with Gasteiger partial charge in [0.15, 0.2) is 0 Å². The number of esters is 1. The number of amides is 1. The lowest BCUT2D eigenvalue weighted by molar-refractivity contribution is -0.150. The van der Waals surface area contributed by atoms with Crippen LogP contribution in [0.2, 0.25) is 0 Å². The summed E-state index contributed by atoms with van der Waals surface area (Å²) >= 11 is 0. The fourth-order valence-electron chi connectivity index (χ4n) is 1.44. The zero-order chi connectivity index (χ0) is 9.84. The Morgan fingerprint density at radius 3 is 3.08 bits per heavy atom. The van der Waals surface area contributed by atoms with Gasteiger partial charge in [-0.05, 0) is 6.42 Å². The van der Waals surface area contributed by atoms with Gasteiger partial charge in [0.2, 0.25) is 5.91 Å². The van der Waals surface area contributed by atoms with E-state index in [1.165, 1.54) is 7.11 Å². The second-order valence-corrected chi connectivity index (χ2v) is 2.94. The Balaban J connectivity index is 2.59. The maximum Gasteiger partial charge on any atom is 0.318 e. The Labute approximate surface area is 77.2 Å². The molecule has 0 radical (unpaired) electrons. The zero-order valence-corrected chi connectivity index (χ0v) is 7.66. The maximum absolute atomic E-state index is 11.5. The molecule has 1 saturated heterocycles. The lowest BCUT2D eigenvalue weighted by atomic mass is 10.1. The van der Waals surface area contributed by atoms with E-state index in [0.717, 1.165) is 0 Å². The molecule has 0 aromatic rings. The molecule has 0 N–H and O–H groups in total. The van der Waals surface area contributed by atoms with Gasteiger partial charge in [-0.2, -0.15) is 0 Å². The van der Waals surface area contributed by atoms with E-state index in [9.17, 15) is 9.59 Å². The Hall–Kier alpha value is -1.32. The highest BCUT2D eigenvalue weighted by Gasteiger charge is 2.36. The van der Waals surface area contributed by atoms with Gasteiger partial charge in [-0.25, -0.2) is 0 Å². The minimum Gasteiger partial charge on any atom is -0.468 e. The second-order valence-electron chi connectivity index (χ2n) is 2.94. The topological polar surface area (TPSA) is 46.6 Å². The van der Waals surface area contributed by atoms with Crippen molar-refractivity contribution in [3.05, 3.63) is 12.7 Å². The van der Waals surface area contributed by atoms with Crippen molar-refractivity contribution in [2.24, 2.45) is 5.92 Å². The molecule has 1 heterocycles. The van der Waals surface area contributed by atoms with Gasteiger partial charge in [0.1, 0.15) is 5.92 Å². The van der Waals surface area contributed by atoms with Gasteiger partial charge in [-0.15, -0.1) is 6.58 Å². The molecule has 1 unspecified atom stereocenters. The number of carbonyl (C=O) groups is 2. The minimum absolute atomic E-state index is 0.147. The van der Waals surface area contributed by atoms with Crippen molar-refractivity contribution >= 4 is 11.9 Å². The number of carbonyl (C=O) groups excluding carboxylic acids is 2. The Morgan fingerprint density at radius 1 is 1.85 bits per heavy atom. The molecule has 1 aliphatic heterocycles. The summed E-state index contributed by atoms with van der Waals surface area (Å²) < 4.78 is 4.52. The first-order valence-corrected chi connectivity index (χ1v) is 4.18. The summed E-state index contributed by atoms with van der Waals surface area (Å²) in [6, 6.07) is 0. The summed E-state index contributed by atoms with van der Waals surface area (Å²) in [5, 5.41) is 0. The van der Waals surface area contributed by atoms with Crippen LogP contribution >= 0.6 is 0 Å². The third-order valence-corrected chi connectivity index (χ3v) is 2.13. The van der Waals surface area contributed by atoms with E-state index in [-0.39, 0.29) is 5.91 Å². The molecular weight excluding hydrogens is 170 g/mol. The van der Waals surface area contributed by atoms with Crippen molar-refractivity contribution in [3.8, 4) is 0 Å². The Bertz CT molecular complexity index is 237. The third kappa shape index (κ3) is 1.88. The molecule has 1 fully saturated rings. The number of ether oxygens (including phenoxy) is 1. The highest BCUT2D eigenvalue weighted by atomic mass is 16.5. The van der Waals surface area contributed by atoms with E-state index in [1.807, 2.05) is 0 Å². The van der Waals surface area contributed by atoms with Crippen LogP contribution in [0.3, 0.4) is 0 Å². The van der Waals surface area contributed by atoms with Crippen LogP contribution in [0.5, 0.6) is 0 Å². The highest BCUT2D eigenvalue weighted by molar-refractivity contribution is 5.99. The van der Waals surface area contributed by atoms with Crippen LogP contribution < -0.4 is 0 Å². The summed E-state index contributed by atoms with van der Waals surface area (Å²) in [6.07, 6.45) is 2.21. The first-order chi connectivity index (χ1) is 6.20. The number of rotatable bonds is 3. The van der Waals surface area contributed by atoms with E-state index in [1.54, 1.807) is 11.0 Å². The molecule has 1 rings (SSSR count). The monoisotopic (exact) mass is 183 g/mol. The van der Waals surface area contributed by atoms with Crippen LogP contribution in [-0.4, -0.2) is 37.0 Å². The normalized spacial score (nSPS) is 21.8. The molecule has 0 bridgehead atoms. The molecule has 0 aromatic heterocycles. The predicted molar refractivity (Wildman–Crippen MR) is 46.9 cm³/mol. The summed E-state index contributed by atoms with van der Waals surface area (Å²) in [6.45, 7) is 4.66. The van der Waals surface area contributed by atoms with Crippen LogP contribution in [0.25, 0.3) is 0 Å². The predicted octanol–water partition coefficient (Wildman–Crippen LogP) is 0.194. The molecule has 4 nitrogen and oxygen atoms in total. The van der Waals surface area contributed by atoms with Crippen molar-refractivity contribution < 1.29 is 14.3 Å². The van der Waals surface area contributed by atoms with Crippen LogP contribution in [0.4, 0.5) is 0 Å². The molecule has 72 valence electrons. The quantitative estimate of drug-likeness (QED) is 0.356. The van der Waals surface area contributed by atoms with Crippen LogP contribution in [0.15, 0.2) is 12.7 Å².